The monoisotopic (exact) mass is 185 g/mol. The highest BCUT2D eigenvalue weighted by Gasteiger charge is 2.13. The maximum absolute atomic E-state index is 8.79. The van der Waals surface area contributed by atoms with Gasteiger partial charge in [0.25, 0.3) is 0 Å². The Morgan fingerprint density at radius 3 is 2.58 bits per heavy atom. The molecule has 0 atom stereocenters. The van der Waals surface area contributed by atoms with Crippen molar-refractivity contribution in [3.8, 4) is 0 Å². The quantitative estimate of drug-likeness (QED) is 0.766. The average molecular weight is 185 g/mol. The van der Waals surface area contributed by atoms with Crippen molar-refractivity contribution >= 4 is 11.3 Å². The van der Waals surface area contributed by atoms with Crippen molar-refractivity contribution in [2.24, 2.45) is 5.41 Å². The number of aromatic nitrogens is 1. The second-order valence-electron chi connectivity index (χ2n) is 4.13. The zero-order chi connectivity index (χ0) is 9.19. The van der Waals surface area contributed by atoms with Gasteiger partial charge in [-0.2, -0.15) is 0 Å². The fourth-order valence-electron chi connectivity index (χ4n) is 0.956. The average Bonchev–Trinajstić information content (AvgIpc) is 2.32. The first kappa shape index (κ1) is 9.68. The van der Waals surface area contributed by atoms with Crippen molar-refractivity contribution < 1.29 is 5.11 Å². The Kier molecular flexibility index (Phi) is 2.85. The fourth-order valence-corrected chi connectivity index (χ4v) is 2.04. The number of hydrogen-bond acceptors (Lipinski definition) is 3. The lowest BCUT2D eigenvalue weighted by molar-refractivity contribution is 0.277. The highest BCUT2D eigenvalue weighted by Crippen LogP contribution is 2.22. The summed E-state index contributed by atoms with van der Waals surface area (Å²) in [4.78, 5) is 4.28. The summed E-state index contributed by atoms with van der Waals surface area (Å²) in [6.45, 7) is 6.62. The molecule has 1 aromatic rings. The molecule has 0 bridgehead atoms. The third-order valence-electron chi connectivity index (χ3n) is 1.44. The normalized spacial score (nSPS) is 12.0. The lowest BCUT2D eigenvalue weighted by Gasteiger charge is -2.15. The van der Waals surface area contributed by atoms with Crippen LogP contribution in [0.3, 0.4) is 0 Å². The minimum absolute atomic E-state index is 0.0562. The van der Waals surface area contributed by atoms with Crippen LogP contribution in [0.4, 0.5) is 0 Å². The van der Waals surface area contributed by atoms with Crippen LogP contribution in [0.25, 0.3) is 0 Å². The third kappa shape index (κ3) is 2.91. The van der Waals surface area contributed by atoms with E-state index in [4.69, 9.17) is 5.11 Å². The highest BCUT2D eigenvalue weighted by molar-refractivity contribution is 7.09. The number of thiazole rings is 1. The van der Waals surface area contributed by atoms with E-state index in [1.54, 1.807) is 11.3 Å². The predicted octanol–water partition coefficient (Wildman–Crippen LogP) is 2.22. The molecule has 0 saturated heterocycles. The van der Waals surface area contributed by atoms with Gasteiger partial charge in [-0.25, -0.2) is 4.98 Å². The van der Waals surface area contributed by atoms with E-state index in [1.807, 2.05) is 5.38 Å². The molecule has 1 aromatic heterocycles. The van der Waals surface area contributed by atoms with Crippen molar-refractivity contribution in [2.75, 3.05) is 0 Å². The molecule has 0 unspecified atom stereocenters. The van der Waals surface area contributed by atoms with Crippen LogP contribution >= 0.6 is 11.3 Å². The van der Waals surface area contributed by atoms with E-state index in [0.29, 0.717) is 0 Å². The fraction of sp³-hybridized carbons (Fsp3) is 0.667. The van der Waals surface area contributed by atoms with Gasteiger partial charge < -0.3 is 5.11 Å². The van der Waals surface area contributed by atoms with Gasteiger partial charge in [0, 0.05) is 11.8 Å². The van der Waals surface area contributed by atoms with E-state index in [-0.39, 0.29) is 12.0 Å². The molecule has 0 aliphatic heterocycles. The SMILES string of the molecule is CC(C)(C)Cc1nc(CO)cs1. The number of rotatable bonds is 2. The molecule has 0 saturated carbocycles. The Labute approximate surface area is 77.3 Å². The Morgan fingerprint density at radius 1 is 1.50 bits per heavy atom. The summed E-state index contributed by atoms with van der Waals surface area (Å²) in [5.41, 5.74) is 1.07. The van der Waals surface area contributed by atoms with Crippen LogP contribution in [0.5, 0.6) is 0 Å². The molecular formula is C9H15NOS. The Bertz CT molecular complexity index is 249. The van der Waals surface area contributed by atoms with E-state index in [9.17, 15) is 0 Å². The standard InChI is InChI=1S/C9H15NOS/c1-9(2,3)4-8-10-7(5-11)6-12-8/h6,11H,4-5H2,1-3H3. The van der Waals surface area contributed by atoms with Crippen molar-refractivity contribution in [1.82, 2.24) is 4.98 Å². The molecule has 12 heavy (non-hydrogen) atoms. The minimum atomic E-state index is 0.0562. The summed E-state index contributed by atoms with van der Waals surface area (Å²) < 4.78 is 0. The van der Waals surface area contributed by atoms with Crippen LogP contribution < -0.4 is 0 Å². The molecule has 2 nitrogen and oxygen atoms in total. The zero-order valence-corrected chi connectivity index (χ0v) is 8.61. The van der Waals surface area contributed by atoms with Gasteiger partial charge in [0.2, 0.25) is 0 Å². The van der Waals surface area contributed by atoms with Gasteiger partial charge in [0.15, 0.2) is 0 Å². The second-order valence-corrected chi connectivity index (χ2v) is 5.07. The molecule has 0 radical (unpaired) electrons. The van der Waals surface area contributed by atoms with E-state index in [0.717, 1.165) is 17.1 Å². The molecule has 0 spiro atoms. The Morgan fingerprint density at radius 2 is 2.17 bits per heavy atom. The number of aliphatic hydroxyl groups is 1. The summed E-state index contributed by atoms with van der Waals surface area (Å²) in [7, 11) is 0. The molecule has 1 N–H and O–H groups in total. The number of aliphatic hydroxyl groups excluding tert-OH is 1. The molecule has 68 valence electrons. The van der Waals surface area contributed by atoms with Crippen molar-refractivity contribution in [2.45, 2.75) is 33.8 Å². The smallest absolute Gasteiger partial charge is 0.0934 e. The van der Waals surface area contributed by atoms with Gasteiger partial charge in [-0.3, -0.25) is 0 Å². The molecule has 3 heteroatoms. The molecule has 0 fully saturated rings. The van der Waals surface area contributed by atoms with Crippen LogP contribution in [0.15, 0.2) is 5.38 Å². The molecule has 0 aromatic carbocycles. The van der Waals surface area contributed by atoms with Crippen molar-refractivity contribution in [1.29, 1.82) is 0 Å². The van der Waals surface area contributed by atoms with Gasteiger partial charge in [0.05, 0.1) is 17.3 Å². The molecule has 0 aliphatic carbocycles. The van der Waals surface area contributed by atoms with Gasteiger partial charge in [-0.15, -0.1) is 11.3 Å². The summed E-state index contributed by atoms with van der Waals surface area (Å²) in [5.74, 6) is 0. The maximum Gasteiger partial charge on any atom is 0.0934 e. The minimum Gasteiger partial charge on any atom is -0.390 e. The molecule has 0 amide bonds. The lowest BCUT2D eigenvalue weighted by atomic mass is 9.93. The van der Waals surface area contributed by atoms with Crippen molar-refractivity contribution in [3.63, 3.8) is 0 Å². The first-order valence-corrected chi connectivity index (χ1v) is 4.93. The van der Waals surface area contributed by atoms with E-state index >= 15 is 0 Å². The highest BCUT2D eigenvalue weighted by atomic mass is 32.1. The van der Waals surface area contributed by atoms with Gasteiger partial charge in [0.1, 0.15) is 0 Å². The Balaban J connectivity index is 2.64. The number of nitrogens with zero attached hydrogens (tertiary/aromatic N) is 1. The van der Waals surface area contributed by atoms with Gasteiger partial charge in [-0.1, -0.05) is 20.8 Å². The first-order chi connectivity index (χ1) is 5.51. The van der Waals surface area contributed by atoms with E-state index in [2.05, 4.69) is 25.8 Å². The third-order valence-corrected chi connectivity index (χ3v) is 2.34. The zero-order valence-electron chi connectivity index (χ0n) is 7.79. The summed E-state index contributed by atoms with van der Waals surface area (Å²) in [5, 5.41) is 11.8. The summed E-state index contributed by atoms with van der Waals surface area (Å²) >= 11 is 1.63. The van der Waals surface area contributed by atoms with Gasteiger partial charge in [-0.05, 0) is 5.41 Å². The van der Waals surface area contributed by atoms with Crippen molar-refractivity contribution in [3.05, 3.63) is 16.1 Å². The van der Waals surface area contributed by atoms with E-state index < -0.39 is 0 Å². The summed E-state index contributed by atoms with van der Waals surface area (Å²) in [6, 6.07) is 0. The lowest BCUT2D eigenvalue weighted by Crippen LogP contribution is -2.08. The number of hydrogen-bond donors (Lipinski definition) is 1. The molecular weight excluding hydrogens is 170 g/mol. The molecule has 1 rings (SSSR count). The topological polar surface area (TPSA) is 33.1 Å². The maximum atomic E-state index is 8.79. The van der Waals surface area contributed by atoms with Crippen LogP contribution in [-0.2, 0) is 13.0 Å². The predicted molar refractivity (Wildman–Crippen MR) is 51.2 cm³/mol. The van der Waals surface area contributed by atoms with Crippen LogP contribution in [0.2, 0.25) is 0 Å². The Hall–Kier alpha value is -0.410. The van der Waals surface area contributed by atoms with Gasteiger partial charge >= 0.3 is 0 Å². The molecule has 1 heterocycles. The van der Waals surface area contributed by atoms with Crippen LogP contribution in [-0.4, -0.2) is 10.1 Å². The first-order valence-electron chi connectivity index (χ1n) is 4.05. The second kappa shape index (κ2) is 3.54. The van der Waals surface area contributed by atoms with Crippen LogP contribution in [0, 0.1) is 5.41 Å². The largest absolute Gasteiger partial charge is 0.390 e. The van der Waals surface area contributed by atoms with E-state index in [1.165, 1.54) is 0 Å². The molecule has 0 aliphatic rings. The van der Waals surface area contributed by atoms with Crippen LogP contribution in [0.1, 0.15) is 31.5 Å². The summed E-state index contributed by atoms with van der Waals surface area (Å²) in [6.07, 6.45) is 0.984.